The zero-order valence-corrected chi connectivity index (χ0v) is 9.62. The van der Waals surface area contributed by atoms with Crippen LogP contribution in [-0.4, -0.2) is 23.2 Å². The molecule has 1 aromatic rings. The van der Waals surface area contributed by atoms with E-state index >= 15 is 0 Å². The molecule has 1 aliphatic rings. The quantitative estimate of drug-likeness (QED) is 0.594. The topological polar surface area (TPSA) is 46.6 Å². The Bertz CT molecular complexity index is 417. The molecule has 0 atom stereocenters. The van der Waals surface area contributed by atoms with Gasteiger partial charge in [0.1, 0.15) is 5.75 Å². The molecule has 4 nitrogen and oxygen atoms in total. The van der Waals surface area contributed by atoms with Crippen molar-refractivity contribution < 1.29 is 14.3 Å². The van der Waals surface area contributed by atoms with Crippen LogP contribution in [0.4, 0.5) is 0 Å². The summed E-state index contributed by atoms with van der Waals surface area (Å²) in [6.45, 7) is 0. The van der Waals surface area contributed by atoms with Gasteiger partial charge >= 0.3 is 0 Å². The average molecular weight is 237 g/mol. The predicted octanol–water partition coefficient (Wildman–Crippen LogP) is 1.85. The molecule has 0 saturated carbocycles. The first-order chi connectivity index (χ1) is 7.70. The fourth-order valence-electron chi connectivity index (χ4n) is 1.42. The van der Waals surface area contributed by atoms with Crippen LogP contribution in [0.3, 0.4) is 0 Å². The predicted molar refractivity (Wildman–Crippen MR) is 59.9 cm³/mol. The number of benzene rings is 1. The number of hydrogen-bond acceptors (Lipinski definition) is 4. The number of rotatable bonds is 3. The molecule has 0 aromatic heterocycles. The van der Waals surface area contributed by atoms with E-state index in [9.17, 15) is 9.59 Å². The van der Waals surface area contributed by atoms with Gasteiger partial charge in [0.05, 0.1) is 7.11 Å². The fraction of sp³-hybridized carbons (Fsp3) is 0.273. The summed E-state index contributed by atoms with van der Waals surface area (Å²) in [5.41, 5.74) is 0. The number of hydrogen-bond donors (Lipinski definition) is 0. The monoisotopic (exact) mass is 237 g/mol. The highest BCUT2D eigenvalue weighted by Crippen LogP contribution is 2.30. The van der Waals surface area contributed by atoms with Gasteiger partial charge in [-0.1, -0.05) is 6.07 Å². The summed E-state index contributed by atoms with van der Waals surface area (Å²) in [5, 5.41) is 0. The zero-order chi connectivity index (χ0) is 11.5. The van der Waals surface area contributed by atoms with Crippen molar-refractivity contribution >= 4 is 23.8 Å². The number of imide groups is 1. The van der Waals surface area contributed by atoms with Crippen LogP contribution in [-0.2, 0) is 9.59 Å². The molecule has 2 rings (SSSR count). The number of ether oxygens (including phenoxy) is 1. The Kier molecular flexibility index (Phi) is 3.14. The lowest BCUT2D eigenvalue weighted by atomic mass is 10.3. The van der Waals surface area contributed by atoms with E-state index in [4.69, 9.17) is 4.74 Å². The van der Waals surface area contributed by atoms with E-state index in [0.29, 0.717) is 18.6 Å². The van der Waals surface area contributed by atoms with Gasteiger partial charge in [-0.25, -0.2) is 4.31 Å². The molecule has 16 heavy (non-hydrogen) atoms. The third-order valence-electron chi connectivity index (χ3n) is 2.24. The summed E-state index contributed by atoms with van der Waals surface area (Å²) in [5.74, 6) is 0.458. The normalized spacial score (nSPS) is 15.7. The summed E-state index contributed by atoms with van der Waals surface area (Å²) in [4.78, 5) is 23.6. The largest absolute Gasteiger partial charge is 0.497 e. The van der Waals surface area contributed by atoms with E-state index in [0.717, 1.165) is 16.8 Å². The Morgan fingerprint density at radius 2 is 1.94 bits per heavy atom. The molecular weight excluding hydrogens is 226 g/mol. The maximum Gasteiger partial charge on any atom is 0.240 e. The Balaban J connectivity index is 2.14. The van der Waals surface area contributed by atoms with Gasteiger partial charge in [0, 0.05) is 17.7 Å². The third kappa shape index (κ3) is 2.19. The van der Waals surface area contributed by atoms with Gasteiger partial charge in [-0.3, -0.25) is 9.59 Å². The molecule has 1 fully saturated rings. The number of nitrogens with zero attached hydrogens (tertiary/aromatic N) is 1. The second-order valence-corrected chi connectivity index (χ2v) is 4.37. The minimum absolute atomic E-state index is 0.127. The molecule has 84 valence electrons. The Morgan fingerprint density at radius 1 is 1.25 bits per heavy atom. The van der Waals surface area contributed by atoms with Gasteiger partial charge in [-0.05, 0) is 30.1 Å². The van der Waals surface area contributed by atoms with Gasteiger partial charge in [0.15, 0.2) is 0 Å². The van der Waals surface area contributed by atoms with Gasteiger partial charge in [0.25, 0.3) is 0 Å². The van der Waals surface area contributed by atoms with Gasteiger partial charge in [0.2, 0.25) is 11.8 Å². The Morgan fingerprint density at radius 3 is 2.56 bits per heavy atom. The van der Waals surface area contributed by atoms with E-state index in [1.54, 1.807) is 13.2 Å². The number of amides is 2. The molecule has 5 heteroatoms. The molecule has 0 aliphatic carbocycles. The lowest BCUT2D eigenvalue weighted by Crippen LogP contribution is -2.20. The first-order valence-electron chi connectivity index (χ1n) is 4.88. The minimum Gasteiger partial charge on any atom is -0.497 e. The van der Waals surface area contributed by atoms with Crippen LogP contribution in [0, 0.1) is 0 Å². The van der Waals surface area contributed by atoms with E-state index in [1.807, 2.05) is 18.2 Å². The highest BCUT2D eigenvalue weighted by Gasteiger charge is 2.29. The fourth-order valence-corrected chi connectivity index (χ4v) is 2.33. The van der Waals surface area contributed by atoms with E-state index in [1.165, 1.54) is 4.31 Å². The first kappa shape index (κ1) is 11.0. The summed E-state index contributed by atoms with van der Waals surface area (Å²) >= 11 is 1.15. The molecule has 1 aromatic carbocycles. The average Bonchev–Trinajstić information content (AvgIpc) is 2.61. The van der Waals surface area contributed by atoms with Crippen LogP contribution < -0.4 is 4.74 Å². The second kappa shape index (κ2) is 4.57. The van der Waals surface area contributed by atoms with Gasteiger partial charge in [-0.2, -0.15) is 0 Å². The van der Waals surface area contributed by atoms with Gasteiger partial charge < -0.3 is 4.74 Å². The summed E-state index contributed by atoms with van der Waals surface area (Å²) in [6.07, 6.45) is 0.631. The lowest BCUT2D eigenvalue weighted by Gasteiger charge is -2.12. The number of methoxy groups -OCH3 is 1. The maximum absolute atomic E-state index is 11.4. The Labute approximate surface area is 97.7 Å². The van der Waals surface area contributed by atoms with Crippen molar-refractivity contribution in [1.29, 1.82) is 0 Å². The molecule has 1 saturated heterocycles. The van der Waals surface area contributed by atoms with E-state index < -0.39 is 0 Å². The van der Waals surface area contributed by atoms with Crippen molar-refractivity contribution in [3.63, 3.8) is 0 Å². The van der Waals surface area contributed by atoms with Crippen LogP contribution in [0.5, 0.6) is 5.75 Å². The van der Waals surface area contributed by atoms with Crippen molar-refractivity contribution in [2.24, 2.45) is 0 Å². The Hall–Kier alpha value is -1.49. The standard InChI is InChI=1S/C11H11NO3S/c1-15-8-3-2-4-9(7-8)16-12-10(13)5-6-11(12)14/h2-4,7H,5-6H2,1H3. The molecular formula is C11H11NO3S. The molecule has 2 amide bonds. The smallest absolute Gasteiger partial charge is 0.240 e. The van der Waals surface area contributed by atoms with Crippen molar-refractivity contribution in [2.45, 2.75) is 17.7 Å². The number of carbonyl (C=O) groups is 2. The third-order valence-corrected chi connectivity index (χ3v) is 3.30. The maximum atomic E-state index is 11.4. The summed E-state index contributed by atoms with van der Waals surface area (Å²) < 4.78 is 6.29. The van der Waals surface area contributed by atoms with Crippen LogP contribution in [0.2, 0.25) is 0 Å². The second-order valence-electron chi connectivity index (χ2n) is 3.35. The highest BCUT2D eigenvalue weighted by atomic mass is 32.2. The number of carbonyl (C=O) groups excluding carboxylic acids is 2. The van der Waals surface area contributed by atoms with Crippen LogP contribution in [0.1, 0.15) is 12.8 Å². The SMILES string of the molecule is COc1cccc(SN2C(=O)CCC2=O)c1. The molecule has 0 unspecified atom stereocenters. The van der Waals surface area contributed by atoms with Crippen molar-refractivity contribution in [3.05, 3.63) is 24.3 Å². The van der Waals surface area contributed by atoms with Gasteiger partial charge in [-0.15, -0.1) is 0 Å². The summed E-state index contributed by atoms with van der Waals surface area (Å²) in [6, 6.07) is 7.28. The minimum atomic E-state index is -0.127. The molecule has 0 bridgehead atoms. The molecule has 0 spiro atoms. The van der Waals surface area contributed by atoms with Crippen LogP contribution in [0.25, 0.3) is 0 Å². The van der Waals surface area contributed by atoms with Crippen molar-refractivity contribution in [3.8, 4) is 5.75 Å². The van der Waals surface area contributed by atoms with Crippen molar-refractivity contribution in [2.75, 3.05) is 7.11 Å². The molecule has 0 N–H and O–H groups in total. The van der Waals surface area contributed by atoms with Crippen LogP contribution >= 0.6 is 11.9 Å². The first-order valence-corrected chi connectivity index (χ1v) is 5.66. The van der Waals surface area contributed by atoms with Crippen molar-refractivity contribution in [1.82, 2.24) is 4.31 Å². The highest BCUT2D eigenvalue weighted by molar-refractivity contribution is 7.98. The molecule has 1 heterocycles. The van der Waals surface area contributed by atoms with Crippen LogP contribution in [0.15, 0.2) is 29.2 Å². The van der Waals surface area contributed by atoms with E-state index in [2.05, 4.69) is 0 Å². The molecule has 1 aliphatic heterocycles. The molecule has 0 radical (unpaired) electrons. The lowest BCUT2D eigenvalue weighted by molar-refractivity contribution is -0.131. The van der Waals surface area contributed by atoms with E-state index in [-0.39, 0.29) is 11.8 Å². The summed E-state index contributed by atoms with van der Waals surface area (Å²) in [7, 11) is 1.58. The zero-order valence-electron chi connectivity index (χ0n) is 8.80.